The molecule has 1 nitrogen and oxygen atoms in total. The third-order valence-electron chi connectivity index (χ3n) is 0.957. The normalized spacial score (nSPS) is 9.91. The van der Waals surface area contributed by atoms with Crippen molar-refractivity contribution in [3.63, 3.8) is 0 Å². The van der Waals surface area contributed by atoms with Crippen LogP contribution in [0.4, 0.5) is 0 Å². The molecule has 0 amide bonds. The largest absolute Gasteiger partial charge is 0.299 e. The highest BCUT2D eigenvalue weighted by molar-refractivity contribution is 5.65. The van der Waals surface area contributed by atoms with Crippen molar-refractivity contribution >= 4 is 6.29 Å². The van der Waals surface area contributed by atoms with E-state index in [4.69, 9.17) is 0 Å². The Bertz CT molecular complexity index is 201. The number of carbonyl (C=O) groups is 1. The first-order chi connectivity index (χ1) is 5.41. The van der Waals surface area contributed by atoms with E-state index < -0.39 is 0 Å². The Kier molecular flexibility index (Phi) is 7.69. The summed E-state index contributed by atoms with van der Waals surface area (Å²) in [7, 11) is 0. The van der Waals surface area contributed by atoms with Gasteiger partial charge in [-0.15, -0.1) is 0 Å². The Balaban J connectivity index is 3.53. The number of hydrogen-bond donors (Lipinski definition) is 0. The molecule has 0 saturated carbocycles. The molecule has 0 aromatic heterocycles. The van der Waals surface area contributed by atoms with Gasteiger partial charge in [-0.3, -0.25) is 4.79 Å². The fourth-order valence-electron chi connectivity index (χ4n) is 0.469. The fourth-order valence-corrected chi connectivity index (χ4v) is 0.469. The quantitative estimate of drug-likeness (QED) is 0.259. The molecule has 0 rings (SSSR count). The van der Waals surface area contributed by atoms with E-state index in [1.807, 2.05) is 0 Å². The van der Waals surface area contributed by atoms with Crippen molar-refractivity contribution < 1.29 is 4.79 Å². The van der Waals surface area contributed by atoms with Crippen LogP contribution >= 0.6 is 0 Å². The van der Waals surface area contributed by atoms with Crippen LogP contribution in [0.5, 0.6) is 0 Å². The Hall–Kier alpha value is -1.29. The van der Waals surface area contributed by atoms with Gasteiger partial charge in [0.05, 0.1) is 0 Å². The molecule has 11 heavy (non-hydrogen) atoms. The summed E-state index contributed by atoms with van der Waals surface area (Å²) in [6.07, 6.45) is 9.33. The molecule has 0 N–H and O–H groups in total. The summed E-state index contributed by atoms with van der Waals surface area (Å²) in [5.41, 5.74) is 0. The average Bonchev–Trinajstić information content (AvgIpc) is 2.03. The highest BCUT2D eigenvalue weighted by Crippen LogP contribution is 1.81. The second-order valence-electron chi connectivity index (χ2n) is 1.95. The van der Waals surface area contributed by atoms with Crippen LogP contribution in [-0.4, -0.2) is 6.29 Å². The van der Waals surface area contributed by atoms with E-state index in [-0.39, 0.29) is 0 Å². The van der Waals surface area contributed by atoms with Crippen molar-refractivity contribution in [2.75, 3.05) is 0 Å². The van der Waals surface area contributed by atoms with Crippen molar-refractivity contribution in [3.05, 3.63) is 24.3 Å². The summed E-state index contributed by atoms with van der Waals surface area (Å²) in [4.78, 5) is 9.78. The molecule has 0 fully saturated rings. The fraction of sp³-hybridized carbons (Fsp3) is 0.300. The first-order valence-corrected chi connectivity index (χ1v) is 3.67. The second kappa shape index (κ2) is 8.71. The van der Waals surface area contributed by atoms with Gasteiger partial charge < -0.3 is 0 Å². The molecule has 1 heteroatoms. The van der Waals surface area contributed by atoms with Crippen LogP contribution in [0.2, 0.25) is 0 Å². The lowest BCUT2D eigenvalue weighted by atomic mass is 10.3. The van der Waals surface area contributed by atoms with Crippen molar-refractivity contribution in [2.24, 2.45) is 0 Å². The van der Waals surface area contributed by atoms with E-state index in [2.05, 4.69) is 18.8 Å². The number of rotatable bonds is 3. The van der Waals surface area contributed by atoms with Gasteiger partial charge in [0, 0.05) is 6.42 Å². The predicted octanol–water partition coefficient (Wildman–Crippen LogP) is 2.10. The molecule has 0 aromatic carbocycles. The lowest BCUT2D eigenvalue weighted by Gasteiger charge is -1.73. The minimum atomic E-state index is 0.740. The minimum absolute atomic E-state index is 0.740. The Morgan fingerprint density at radius 1 is 1.27 bits per heavy atom. The Morgan fingerprint density at radius 2 is 2.09 bits per heavy atom. The van der Waals surface area contributed by atoms with Crippen LogP contribution in [0.25, 0.3) is 0 Å². The highest BCUT2D eigenvalue weighted by Gasteiger charge is 1.66. The van der Waals surface area contributed by atoms with E-state index in [9.17, 15) is 4.79 Å². The van der Waals surface area contributed by atoms with Crippen molar-refractivity contribution in [3.8, 4) is 11.8 Å². The topological polar surface area (TPSA) is 17.1 Å². The van der Waals surface area contributed by atoms with Gasteiger partial charge in [-0.05, 0) is 18.6 Å². The van der Waals surface area contributed by atoms with Crippen LogP contribution in [0, 0.1) is 11.8 Å². The maximum atomic E-state index is 9.78. The van der Waals surface area contributed by atoms with E-state index in [0.29, 0.717) is 0 Å². The number of aldehydes is 1. The number of carbonyl (C=O) groups excluding carboxylic acids is 1. The van der Waals surface area contributed by atoms with Crippen LogP contribution < -0.4 is 0 Å². The van der Waals surface area contributed by atoms with Crippen LogP contribution in [-0.2, 0) is 4.79 Å². The first-order valence-electron chi connectivity index (χ1n) is 3.67. The van der Waals surface area contributed by atoms with Crippen molar-refractivity contribution in [1.82, 2.24) is 0 Å². The van der Waals surface area contributed by atoms with Gasteiger partial charge in [0.1, 0.15) is 6.29 Å². The molecular formula is C10H12O. The standard InChI is InChI=1S/C10H12O/c1-2-3-4-5-6-7-8-9-10-11/h6-10H,2-3H2,1H3/b7-6+,9-8+. The zero-order valence-electron chi connectivity index (χ0n) is 6.71. The van der Waals surface area contributed by atoms with E-state index in [1.54, 1.807) is 18.2 Å². The number of allylic oxidation sites excluding steroid dienone is 4. The van der Waals surface area contributed by atoms with E-state index >= 15 is 0 Å². The lowest BCUT2D eigenvalue weighted by Crippen LogP contribution is -1.60. The number of hydrogen-bond acceptors (Lipinski definition) is 1. The summed E-state index contributed by atoms with van der Waals surface area (Å²) in [5.74, 6) is 5.80. The molecular weight excluding hydrogens is 136 g/mol. The molecule has 0 heterocycles. The molecule has 0 aliphatic rings. The first kappa shape index (κ1) is 9.71. The molecule has 0 bridgehead atoms. The molecule has 0 aliphatic carbocycles. The maximum Gasteiger partial charge on any atom is 0.142 e. The smallest absolute Gasteiger partial charge is 0.142 e. The van der Waals surface area contributed by atoms with Gasteiger partial charge in [0.15, 0.2) is 0 Å². The SMILES string of the molecule is CCCC#C/C=C/C=C/C=O. The Labute approximate surface area is 67.8 Å². The zero-order valence-corrected chi connectivity index (χ0v) is 6.71. The van der Waals surface area contributed by atoms with Crippen LogP contribution in [0.1, 0.15) is 19.8 Å². The summed E-state index contributed by atoms with van der Waals surface area (Å²) in [6.45, 7) is 2.09. The lowest BCUT2D eigenvalue weighted by molar-refractivity contribution is -0.104. The summed E-state index contributed by atoms with van der Waals surface area (Å²) >= 11 is 0. The maximum absolute atomic E-state index is 9.78. The average molecular weight is 148 g/mol. The monoisotopic (exact) mass is 148 g/mol. The van der Waals surface area contributed by atoms with Gasteiger partial charge in [0.2, 0.25) is 0 Å². The van der Waals surface area contributed by atoms with Crippen LogP contribution in [0.15, 0.2) is 24.3 Å². The van der Waals surface area contributed by atoms with Gasteiger partial charge in [-0.2, -0.15) is 0 Å². The van der Waals surface area contributed by atoms with Gasteiger partial charge in [-0.25, -0.2) is 0 Å². The van der Waals surface area contributed by atoms with E-state index in [0.717, 1.165) is 19.1 Å². The molecule has 0 spiro atoms. The third-order valence-corrected chi connectivity index (χ3v) is 0.957. The van der Waals surface area contributed by atoms with Crippen molar-refractivity contribution in [1.29, 1.82) is 0 Å². The van der Waals surface area contributed by atoms with Crippen molar-refractivity contribution in [2.45, 2.75) is 19.8 Å². The molecule has 0 unspecified atom stereocenters. The highest BCUT2D eigenvalue weighted by atomic mass is 16.1. The zero-order chi connectivity index (χ0) is 8.36. The molecule has 0 aromatic rings. The summed E-state index contributed by atoms with van der Waals surface area (Å²) in [5, 5.41) is 0. The molecule has 58 valence electrons. The third kappa shape index (κ3) is 8.71. The summed E-state index contributed by atoms with van der Waals surface area (Å²) < 4.78 is 0. The number of unbranched alkanes of at least 4 members (excludes halogenated alkanes) is 1. The predicted molar refractivity (Wildman–Crippen MR) is 47.0 cm³/mol. The van der Waals surface area contributed by atoms with Gasteiger partial charge in [0.25, 0.3) is 0 Å². The molecule has 0 aliphatic heterocycles. The van der Waals surface area contributed by atoms with Gasteiger partial charge >= 0.3 is 0 Å². The minimum Gasteiger partial charge on any atom is -0.299 e. The van der Waals surface area contributed by atoms with Gasteiger partial charge in [-0.1, -0.05) is 30.9 Å². The molecule has 0 radical (unpaired) electrons. The van der Waals surface area contributed by atoms with E-state index in [1.165, 1.54) is 6.08 Å². The Morgan fingerprint density at radius 3 is 2.73 bits per heavy atom. The van der Waals surface area contributed by atoms with Crippen LogP contribution in [0.3, 0.4) is 0 Å². The molecule has 0 atom stereocenters. The second-order valence-corrected chi connectivity index (χ2v) is 1.95. The summed E-state index contributed by atoms with van der Waals surface area (Å²) in [6, 6.07) is 0. The molecule has 0 saturated heterocycles.